The Labute approximate surface area is 65.3 Å². The van der Waals surface area contributed by atoms with E-state index in [0.717, 1.165) is 17.8 Å². The number of allylic oxidation sites excluding steroid dienone is 4. The summed E-state index contributed by atoms with van der Waals surface area (Å²) >= 11 is 0. The van der Waals surface area contributed by atoms with Gasteiger partial charge in [0.2, 0.25) is 0 Å². The van der Waals surface area contributed by atoms with Gasteiger partial charge in [-0.25, -0.2) is 0 Å². The summed E-state index contributed by atoms with van der Waals surface area (Å²) in [5.74, 6) is 0.192. The van der Waals surface area contributed by atoms with Gasteiger partial charge in [0, 0.05) is 18.7 Å². The van der Waals surface area contributed by atoms with E-state index in [2.05, 4.69) is 5.32 Å². The Morgan fingerprint density at radius 2 is 2.18 bits per heavy atom. The van der Waals surface area contributed by atoms with Crippen molar-refractivity contribution in [3.63, 3.8) is 0 Å². The van der Waals surface area contributed by atoms with Crippen molar-refractivity contribution in [1.82, 2.24) is 5.32 Å². The molecule has 0 fully saturated rings. The van der Waals surface area contributed by atoms with Crippen molar-refractivity contribution in [1.29, 1.82) is 0 Å². The molecule has 2 heteroatoms. The van der Waals surface area contributed by atoms with Gasteiger partial charge in [-0.3, -0.25) is 4.79 Å². The van der Waals surface area contributed by atoms with Crippen LogP contribution < -0.4 is 5.32 Å². The molecule has 2 rings (SSSR count). The average Bonchev–Trinajstić information content (AvgIpc) is 2.04. The lowest BCUT2D eigenvalue weighted by Crippen LogP contribution is -2.20. The van der Waals surface area contributed by atoms with Crippen LogP contribution >= 0.6 is 0 Å². The van der Waals surface area contributed by atoms with Gasteiger partial charge in [-0.15, -0.1) is 0 Å². The summed E-state index contributed by atoms with van der Waals surface area (Å²) in [6, 6.07) is 0. The summed E-state index contributed by atoms with van der Waals surface area (Å²) in [7, 11) is 0. The minimum Gasteiger partial charge on any atom is -0.381 e. The number of rotatable bonds is 0. The highest BCUT2D eigenvalue weighted by molar-refractivity contribution is 5.94. The predicted molar refractivity (Wildman–Crippen MR) is 42.9 cm³/mol. The average molecular weight is 147 g/mol. The van der Waals surface area contributed by atoms with Crippen molar-refractivity contribution in [3.8, 4) is 0 Å². The monoisotopic (exact) mass is 147 g/mol. The molecule has 56 valence electrons. The SMILES string of the molecule is O=C1C=CC2=C(C=CCN2)C1. The van der Waals surface area contributed by atoms with E-state index in [1.54, 1.807) is 6.08 Å². The summed E-state index contributed by atoms with van der Waals surface area (Å²) in [4.78, 5) is 10.9. The maximum Gasteiger partial charge on any atom is 0.160 e. The van der Waals surface area contributed by atoms with Crippen LogP contribution in [0.3, 0.4) is 0 Å². The Bertz CT molecular complexity index is 284. The molecule has 1 N–H and O–H groups in total. The fourth-order valence-electron chi connectivity index (χ4n) is 1.32. The van der Waals surface area contributed by atoms with Gasteiger partial charge in [-0.05, 0) is 17.7 Å². The van der Waals surface area contributed by atoms with E-state index >= 15 is 0 Å². The molecule has 2 nitrogen and oxygen atoms in total. The summed E-state index contributed by atoms with van der Waals surface area (Å²) < 4.78 is 0. The zero-order valence-corrected chi connectivity index (χ0v) is 6.13. The Balaban J connectivity index is 2.34. The zero-order valence-electron chi connectivity index (χ0n) is 6.13. The molecule has 0 unspecified atom stereocenters. The molecule has 1 aliphatic carbocycles. The Morgan fingerprint density at radius 1 is 1.27 bits per heavy atom. The molecule has 0 bridgehead atoms. The van der Waals surface area contributed by atoms with Crippen molar-refractivity contribution >= 4 is 5.78 Å². The van der Waals surface area contributed by atoms with Crippen LogP contribution in [0.2, 0.25) is 0 Å². The predicted octanol–water partition coefficient (Wildman–Crippen LogP) is 0.929. The van der Waals surface area contributed by atoms with Crippen LogP contribution in [0.25, 0.3) is 0 Å². The smallest absolute Gasteiger partial charge is 0.160 e. The van der Waals surface area contributed by atoms with E-state index in [4.69, 9.17) is 0 Å². The van der Waals surface area contributed by atoms with Crippen molar-refractivity contribution in [3.05, 3.63) is 35.6 Å². The minimum absolute atomic E-state index is 0.192. The first-order valence-electron chi connectivity index (χ1n) is 3.71. The van der Waals surface area contributed by atoms with Crippen molar-refractivity contribution in [2.24, 2.45) is 0 Å². The molecule has 0 aromatic heterocycles. The van der Waals surface area contributed by atoms with Gasteiger partial charge in [0.25, 0.3) is 0 Å². The quantitative estimate of drug-likeness (QED) is 0.552. The third-order valence-corrected chi connectivity index (χ3v) is 1.88. The minimum atomic E-state index is 0.192. The fraction of sp³-hybridized carbons (Fsp3) is 0.222. The molecule has 0 atom stereocenters. The normalized spacial score (nSPS) is 21.6. The van der Waals surface area contributed by atoms with Gasteiger partial charge >= 0.3 is 0 Å². The third-order valence-electron chi connectivity index (χ3n) is 1.88. The molecule has 0 aromatic carbocycles. The second kappa shape index (κ2) is 2.38. The van der Waals surface area contributed by atoms with Crippen LogP contribution in [0.4, 0.5) is 0 Å². The molecule has 0 aromatic rings. The number of carbonyl (C=O) groups is 1. The summed E-state index contributed by atoms with van der Waals surface area (Å²) in [6.45, 7) is 0.872. The first kappa shape index (κ1) is 6.40. The maximum absolute atomic E-state index is 10.9. The molecule has 1 heterocycles. The Hall–Kier alpha value is -1.31. The molecule has 0 saturated carbocycles. The van der Waals surface area contributed by atoms with Gasteiger partial charge in [0.05, 0.1) is 0 Å². The molecular weight excluding hydrogens is 138 g/mol. The molecule has 0 amide bonds. The highest BCUT2D eigenvalue weighted by atomic mass is 16.1. The highest BCUT2D eigenvalue weighted by Crippen LogP contribution is 2.17. The van der Waals surface area contributed by atoms with Gasteiger partial charge < -0.3 is 5.32 Å². The number of ketones is 1. The van der Waals surface area contributed by atoms with E-state index in [1.165, 1.54) is 0 Å². The topological polar surface area (TPSA) is 29.1 Å². The van der Waals surface area contributed by atoms with Crippen molar-refractivity contribution in [2.75, 3.05) is 6.54 Å². The van der Waals surface area contributed by atoms with Crippen LogP contribution in [-0.2, 0) is 4.79 Å². The zero-order chi connectivity index (χ0) is 7.68. The number of nitrogens with one attached hydrogen (secondary N) is 1. The Morgan fingerprint density at radius 3 is 3.09 bits per heavy atom. The van der Waals surface area contributed by atoms with E-state index in [1.807, 2.05) is 18.2 Å². The molecule has 2 aliphatic rings. The molecule has 0 radical (unpaired) electrons. The third kappa shape index (κ3) is 1.11. The van der Waals surface area contributed by atoms with Crippen LogP contribution in [0, 0.1) is 0 Å². The van der Waals surface area contributed by atoms with Crippen LogP contribution in [0.5, 0.6) is 0 Å². The lowest BCUT2D eigenvalue weighted by Gasteiger charge is -2.17. The van der Waals surface area contributed by atoms with Gasteiger partial charge in [-0.2, -0.15) is 0 Å². The number of dihydropyridines is 1. The standard InChI is InChI=1S/C9H9NO/c11-8-3-4-9-7(6-8)2-1-5-10-9/h1-4,10H,5-6H2. The molecule has 1 aliphatic heterocycles. The number of carbonyl (C=O) groups excluding carboxylic acids is 1. The molecule has 0 spiro atoms. The Kier molecular flexibility index (Phi) is 1.39. The molecular formula is C9H9NO. The lowest BCUT2D eigenvalue weighted by molar-refractivity contribution is -0.114. The van der Waals surface area contributed by atoms with Crippen molar-refractivity contribution in [2.45, 2.75) is 6.42 Å². The van der Waals surface area contributed by atoms with Crippen LogP contribution in [0.15, 0.2) is 35.6 Å². The number of hydrogen-bond acceptors (Lipinski definition) is 2. The highest BCUT2D eigenvalue weighted by Gasteiger charge is 2.12. The molecule has 11 heavy (non-hydrogen) atoms. The largest absolute Gasteiger partial charge is 0.381 e. The van der Waals surface area contributed by atoms with E-state index in [9.17, 15) is 4.79 Å². The second-order valence-electron chi connectivity index (χ2n) is 2.70. The van der Waals surface area contributed by atoms with Crippen LogP contribution in [-0.4, -0.2) is 12.3 Å². The lowest BCUT2D eigenvalue weighted by atomic mass is 9.99. The first-order chi connectivity index (χ1) is 5.36. The van der Waals surface area contributed by atoms with Crippen LogP contribution in [0.1, 0.15) is 6.42 Å². The number of hydrogen-bond donors (Lipinski definition) is 1. The van der Waals surface area contributed by atoms with Gasteiger partial charge in [0.15, 0.2) is 5.78 Å². The van der Waals surface area contributed by atoms with E-state index < -0.39 is 0 Å². The van der Waals surface area contributed by atoms with E-state index in [-0.39, 0.29) is 5.78 Å². The summed E-state index contributed by atoms with van der Waals surface area (Å²) in [5, 5.41) is 3.20. The second-order valence-corrected chi connectivity index (χ2v) is 2.70. The summed E-state index contributed by atoms with van der Waals surface area (Å²) in [5.41, 5.74) is 2.22. The first-order valence-corrected chi connectivity index (χ1v) is 3.71. The fourth-order valence-corrected chi connectivity index (χ4v) is 1.32. The van der Waals surface area contributed by atoms with Crippen molar-refractivity contribution < 1.29 is 4.79 Å². The molecule has 0 saturated heterocycles. The van der Waals surface area contributed by atoms with Gasteiger partial charge in [-0.1, -0.05) is 12.2 Å². The van der Waals surface area contributed by atoms with E-state index in [0.29, 0.717) is 6.42 Å². The van der Waals surface area contributed by atoms with Gasteiger partial charge in [0.1, 0.15) is 0 Å². The summed E-state index contributed by atoms with van der Waals surface area (Å²) in [6.07, 6.45) is 8.09. The maximum atomic E-state index is 10.9.